The van der Waals surface area contributed by atoms with E-state index >= 15 is 0 Å². The summed E-state index contributed by atoms with van der Waals surface area (Å²) in [5.74, 6) is 1.23. The molecule has 0 aliphatic rings. The van der Waals surface area contributed by atoms with Crippen LogP contribution in [0.3, 0.4) is 0 Å². The highest BCUT2D eigenvalue weighted by atomic mass is 32.2. The Morgan fingerprint density at radius 3 is 2.92 bits per heavy atom. The zero-order valence-corrected chi connectivity index (χ0v) is 16.0. The average molecular weight is 386 g/mol. The number of hydrogen-bond acceptors (Lipinski definition) is 6. The molecule has 1 amide bonds. The van der Waals surface area contributed by atoms with Crippen LogP contribution in [0, 0.1) is 0 Å². The van der Waals surface area contributed by atoms with Gasteiger partial charge in [-0.25, -0.2) is 0 Å². The summed E-state index contributed by atoms with van der Waals surface area (Å²) in [5.41, 5.74) is 0. The molecule has 2 aromatic carbocycles. The van der Waals surface area contributed by atoms with Crippen LogP contribution >= 0.6 is 23.1 Å². The molecule has 0 unspecified atom stereocenters. The molecule has 0 aliphatic carbocycles. The van der Waals surface area contributed by atoms with Gasteiger partial charge in [-0.1, -0.05) is 72.5 Å². The van der Waals surface area contributed by atoms with E-state index in [0.717, 1.165) is 20.9 Å². The molecule has 7 heteroatoms. The number of ether oxygens (including phenoxy) is 1. The third-order valence-corrected chi connectivity index (χ3v) is 5.61. The SMILES string of the molecule is C=CCSc1nnc(NC(=O)[C@H](CC)Oc2cccc3ccccc23)s1. The summed E-state index contributed by atoms with van der Waals surface area (Å²) >= 11 is 2.87. The number of nitrogens with one attached hydrogen (secondary N) is 1. The predicted octanol–water partition coefficient (Wildman–Crippen LogP) is 4.77. The lowest BCUT2D eigenvalue weighted by molar-refractivity contribution is -0.122. The van der Waals surface area contributed by atoms with E-state index in [1.165, 1.54) is 23.1 Å². The molecule has 3 aromatic rings. The molecule has 0 radical (unpaired) electrons. The first-order chi connectivity index (χ1) is 12.7. The number of hydrogen-bond donors (Lipinski definition) is 1. The van der Waals surface area contributed by atoms with Crippen LogP contribution in [0.15, 0.2) is 59.5 Å². The number of anilines is 1. The molecule has 1 N–H and O–H groups in total. The van der Waals surface area contributed by atoms with Crippen molar-refractivity contribution in [3.05, 3.63) is 55.1 Å². The van der Waals surface area contributed by atoms with Gasteiger partial charge < -0.3 is 4.74 Å². The summed E-state index contributed by atoms with van der Waals surface area (Å²) < 4.78 is 6.80. The normalized spacial score (nSPS) is 11.9. The Bertz CT molecular complexity index is 905. The van der Waals surface area contributed by atoms with Gasteiger partial charge in [0.1, 0.15) is 5.75 Å². The maximum Gasteiger partial charge on any atom is 0.267 e. The van der Waals surface area contributed by atoms with Gasteiger partial charge in [-0.3, -0.25) is 10.1 Å². The van der Waals surface area contributed by atoms with Gasteiger partial charge in [0.15, 0.2) is 10.4 Å². The number of carbonyl (C=O) groups excluding carboxylic acids is 1. The number of fused-ring (bicyclic) bond motifs is 1. The number of benzene rings is 2. The molecule has 0 spiro atoms. The Hall–Kier alpha value is -2.38. The van der Waals surface area contributed by atoms with Gasteiger partial charge in [0.05, 0.1) is 0 Å². The molecular weight excluding hydrogens is 366 g/mol. The van der Waals surface area contributed by atoms with Gasteiger partial charge in [-0.05, 0) is 17.9 Å². The highest BCUT2D eigenvalue weighted by Gasteiger charge is 2.21. The zero-order chi connectivity index (χ0) is 18.4. The molecule has 0 aliphatic heterocycles. The van der Waals surface area contributed by atoms with Crippen molar-refractivity contribution in [3.8, 4) is 5.75 Å². The molecule has 3 rings (SSSR count). The third kappa shape index (κ3) is 4.42. The lowest BCUT2D eigenvalue weighted by Gasteiger charge is -2.17. The summed E-state index contributed by atoms with van der Waals surface area (Å²) in [6.45, 7) is 5.59. The molecule has 0 saturated carbocycles. The third-order valence-electron chi connectivity index (χ3n) is 3.64. The van der Waals surface area contributed by atoms with E-state index < -0.39 is 6.10 Å². The number of aromatic nitrogens is 2. The van der Waals surface area contributed by atoms with Gasteiger partial charge in [-0.15, -0.1) is 16.8 Å². The van der Waals surface area contributed by atoms with E-state index in [9.17, 15) is 4.79 Å². The van der Waals surface area contributed by atoms with Crippen molar-refractivity contribution in [2.75, 3.05) is 11.1 Å². The van der Waals surface area contributed by atoms with Crippen LogP contribution in [-0.2, 0) is 4.79 Å². The fourth-order valence-electron chi connectivity index (χ4n) is 2.41. The highest BCUT2D eigenvalue weighted by molar-refractivity contribution is 8.01. The summed E-state index contributed by atoms with van der Waals surface area (Å²) in [6, 6.07) is 13.8. The van der Waals surface area contributed by atoms with Crippen LogP contribution in [0.1, 0.15) is 13.3 Å². The maximum atomic E-state index is 12.6. The minimum absolute atomic E-state index is 0.225. The smallest absolute Gasteiger partial charge is 0.267 e. The first-order valence-electron chi connectivity index (χ1n) is 8.23. The lowest BCUT2D eigenvalue weighted by Crippen LogP contribution is -2.32. The van der Waals surface area contributed by atoms with Crippen molar-refractivity contribution in [2.45, 2.75) is 23.8 Å². The molecule has 0 saturated heterocycles. The molecule has 1 atom stereocenters. The second-order valence-corrected chi connectivity index (χ2v) is 7.70. The molecule has 0 fully saturated rings. The second-order valence-electron chi connectivity index (χ2n) is 5.45. The van der Waals surface area contributed by atoms with Crippen LogP contribution in [0.5, 0.6) is 5.75 Å². The fourth-order valence-corrected chi connectivity index (χ4v) is 3.92. The van der Waals surface area contributed by atoms with Crippen LogP contribution in [0.25, 0.3) is 10.8 Å². The summed E-state index contributed by atoms with van der Waals surface area (Å²) in [7, 11) is 0. The average Bonchev–Trinajstić information content (AvgIpc) is 3.11. The lowest BCUT2D eigenvalue weighted by atomic mass is 10.1. The predicted molar refractivity (Wildman–Crippen MR) is 108 cm³/mol. The van der Waals surface area contributed by atoms with Crippen molar-refractivity contribution in [1.29, 1.82) is 0 Å². The first-order valence-corrected chi connectivity index (χ1v) is 10.0. The van der Waals surface area contributed by atoms with Crippen LogP contribution in [0.2, 0.25) is 0 Å². The molecule has 0 bridgehead atoms. The van der Waals surface area contributed by atoms with Crippen molar-refractivity contribution in [1.82, 2.24) is 10.2 Å². The minimum Gasteiger partial charge on any atom is -0.480 e. The van der Waals surface area contributed by atoms with Gasteiger partial charge in [0, 0.05) is 11.1 Å². The largest absolute Gasteiger partial charge is 0.480 e. The minimum atomic E-state index is -0.603. The van der Waals surface area contributed by atoms with E-state index in [-0.39, 0.29) is 5.91 Å². The van der Waals surface area contributed by atoms with Crippen molar-refractivity contribution < 1.29 is 9.53 Å². The van der Waals surface area contributed by atoms with E-state index in [0.29, 0.717) is 17.3 Å². The standard InChI is InChI=1S/C19H19N3O2S2/c1-3-12-25-19-22-21-18(26-19)20-17(23)15(4-2)24-16-11-7-9-13-8-5-6-10-14(13)16/h3,5-11,15H,1,4,12H2,2H3,(H,20,21,23)/t15-/m0/s1. The monoisotopic (exact) mass is 385 g/mol. The second kappa shape index (κ2) is 8.82. The Balaban J connectivity index is 1.70. The zero-order valence-electron chi connectivity index (χ0n) is 14.3. The highest BCUT2D eigenvalue weighted by Crippen LogP contribution is 2.28. The number of amides is 1. The molecule has 1 aromatic heterocycles. The van der Waals surface area contributed by atoms with Crippen LogP contribution in [-0.4, -0.2) is 28.0 Å². The summed E-state index contributed by atoms with van der Waals surface area (Å²) in [4.78, 5) is 12.6. The van der Waals surface area contributed by atoms with E-state index in [4.69, 9.17) is 4.74 Å². The van der Waals surface area contributed by atoms with E-state index in [2.05, 4.69) is 22.1 Å². The molecule has 134 valence electrons. The van der Waals surface area contributed by atoms with Gasteiger partial charge >= 0.3 is 0 Å². The van der Waals surface area contributed by atoms with Crippen molar-refractivity contribution >= 4 is 44.9 Å². The Kier molecular flexibility index (Phi) is 6.25. The number of thioether (sulfide) groups is 1. The molecule has 1 heterocycles. The van der Waals surface area contributed by atoms with Gasteiger partial charge in [0.2, 0.25) is 5.13 Å². The molecule has 5 nitrogen and oxygen atoms in total. The van der Waals surface area contributed by atoms with E-state index in [1.54, 1.807) is 6.08 Å². The molecule has 26 heavy (non-hydrogen) atoms. The van der Waals surface area contributed by atoms with Crippen molar-refractivity contribution in [3.63, 3.8) is 0 Å². The Morgan fingerprint density at radius 2 is 2.12 bits per heavy atom. The number of carbonyl (C=O) groups is 1. The number of rotatable bonds is 8. The summed E-state index contributed by atoms with van der Waals surface area (Å²) in [6.07, 6.45) is 1.75. The van der Waals surface area contributed by atoms with E-state index in [1.807, 2.05) is 49.4 Å². The van der Waals surface area contributed by atoms with Crippen LogP contribution in [0.4, 0.5) is 5.13 Å². The Morgan fingerprint density at radius 1 is 1.31 bits per heavy atom. The van der Waals surface area contributed by atoms with Crippen molar-refractivity contribution in [2.24, 2.45) is 0 Å². The van der Waals surface area contributed by atoms with Crippen LogP contribution < -0.4 is 10.1 Å². The molecular formula is C19H19N3O2S2. The Labute approximate surface area is 160 Å². The maximum absolute atomic E-state index is 12.6. The summed E-state index contributed by atoms with van der Waals surface area (Å²) in [5, 5.41) is 13.4. The quantitative estimate of drug-likeness (QED) is 0.344. The van der Waals surface area contributed by atoms with Gasteiger partial charge in [0.25, 0.3) is 5.91 Å². The fraction of sp³-hybridized carbons (Fsp3) is 0.211. The topological polar surface area (TPSA) is 64.1 Å². The first kappa shape index (κ1) is 18.4. The number of nitrogens with zero attached hydrogens (tertiary/aromatic N) is 2. The van der Waals surface area contributed by atoms with Gasteiger partial charge in [-0.2, -0.15) is 0 Å².